The molecule has 1 fully saturated rings. The van der Waals surface area contributed by atoms with Crippen LogP contribution in [0.15, 0.2) is 18.3 Å². The van der Waals surface area contributed by atoms with Crippen molar-refractivity contribution in [1.29, 1.82) is 0 Å². The average Bonchev–Trinajstić information content (AvgIpc) is 2.33. The molecule has 0 amide bonds. The van der Waals surface area contributed by atoms with Crippen molar-refractivity contribution < 1.29 is 4.39 Å². The smallest absolute Gasteiger partial charge is 0.165 e. The number of hydrogen-bond donors (Lipinski definition) is 1. The molecule has 0 radical (unpaired) electrons. The van der Waals surface area contributed by atoms with Gasteiger partial charge in [-0.15, -0.1) is 0 Å². The molecular weight excluding hydrogens is 217 g/mol. The predicted molar refractivity (Wildman–Crippen MR) is 67.6 cm³/mol. The number of anilines is 1. The van der Waals surface area contributed by atoms with E-state index in [2.05, 4.69) is 22.1 Å². The molecule has 17 heavy (non-hydrogen) atoms. The zero-order valence-electron chi connectivity index (χ0n) is 10.3. The van der Waals surface area contributed by atoms with E-state index in [4.69, 9.17) is 0 Å². The van der Waals surface area contributed by atoms with Crippen LogP contribution in [-0.2, 0) is 0 Å². The van der Waals surface area contributed by atoms with Gasteiger partial charge in [-0.1, -0.05) is 6.42 Å². The quantitative estimate of drug-likeness (QED) is 0.872. The van der Waals surface area contributed by atoms with E-state index in [1.54, 1.807) is 12.3 Å². The minimum absolute atomic E-state index is 0.220. The number of piperidine rings is 1. The van der Waals surface area contributed by atoms with Gasteiger partial charge in [-0.3, -0.25) is 0 Å². The fraction of sp³-hybridized carbons (Fsp3) is 0.615. The normalized spacial score (nSPS) is 18.9. The minimum atomic E-state index is -0.280. The maximum absolute atomic E-state index is 13.4. The van der Waals surface area contributed by atoms with Crippen molar-refractivity contribution in [3.63, 3.8) is 0 Å². The maximum Gasteiger partial charge on any atom is 0.165 e. The summed E-state index contributed by atoms with van der Waals surface area (Å²) in [6, 6.07) is 3.26. The van der Waals surface area contributed by atoms with E-state index in [-0.39, 0.29) is 11.9 Å². The summed E-state index contributed by atoms with van der Waals surface area (Å²) in [4.78, 5) is 6.44. The van der Waals surface area contributed by atoms with Gasteiger partial charge in [0.05, 0.1) is 0 Å². The number of hydrogen-bond acceptors (Lipinski definition) is 3. The summed E-state index contributed by atoms with van der Waals surface area (Å²) in [5.74, 6) is 0.0787. The van der Waals surface area contributed by atoms with Crippen LogP contribution in [0.25, 0.3) is 0 Å². The van der Waals surface area contributed by atoms with Crippen LogP contribution in [0.5, 0.6) is 0 Å². The van der Waals surface area contributed by atoms with Crippen molar-refractivity contribution >= 4 is 5.82 Å². The molecule has 1 N–H and O–H groups in total. The molecule has 1 atom stereocenters. The number of pyridine rings is 1. The molecule has 1 aliphatic heterocycles. The van der Waals surface area contributed by atoms with Crippen molar-refractivity contribution in [2.24, 2.45) is 0 Å². The van der Waals surface area contributed by atoms with Gasteiger partial charge in [-0.25, -0.2) is 9.37 Å². The first-order chi connectivity index (χ1) is 8.25. The lowest BCUT2D eigenvalue weighted by Gasteiger charge is -2.29. The van der Waals surface area contributed by atoms with Crippen LogP contribution in [0.3, 0.4) is 0 Å². The Morgan fingerprint density at radius 3 is 2.88 bits per heavy atom. The molecule has 0 bridgehead atoms. The lowest BCUT2D eigenvalue weighted by atomic mass is 10.1. The van der Waals surface area contributed by atoms with E-state index < -0.39 is 0 Å². The molecule has 1 aliphatic rings. The highest BCUT2D eigenvalue weighted by Crippen LogP contribution is 2.12. The molecule has 4 heteroatoms. The summed E-state index contributed by atoms with van der Waals surface area (Å²) in [6.07, 6.45) is 5.52. The molecule has 1 aromatic rings. The fourth-order valence-electron chi connectivity index (χ4n) is 2.30. The molecule has 1 unspecified atom stereocenters. The minimum Gasteiger partial charge on any atom is -0.364 e. The Morgan fingerprint density at radius 2 is 2.18 bits per heavy atom. The number of halogens is 1. The monoisotopic (exact) mass is 237 g/mol. The summed E-state index contributed by atoms with van der Waals surface area (Å²) in [5, 5.41) is 3.13. The molecule has 0 aromatic carbocycles. The number of rotatable bonds is 4. The van der Waals surface area contributed by atoms with E-state index >= 15 is 0 Å². The second-order valence-electron chi connectivity index (χ2n) is 4.74. The first-order valence-electron chi connectivity index (χ1n) is 6.35. The van der Waals surface area contributed by atoms with Crippen LogP contribution in [0.2, 0.25) is 0 Å². The van der Waals surface area contributed by atoms with Gasteiger partial charge in [0.2, 0.25) is 0 Å². The van der Waals surface area contributed by atoms with Crippen molar-refractivity contribution in [1.82, 2.24) is 9.88 Å². The first kappa shape index (κ1) is 12.3. The Kier molecular flexibility index (Phi) is 4.31. The first-order valence-corrected chi connectivity index (χ1v) is 6.35. The summed E-state index contributed by atoms with van der Waals surface area (Å²) >= 11 is 0. The van der Waals surface area contributed by atoms with Crippen LogP contribution < -0.4 is 5.32 Å². The zero-order chi connectivity index (χ0) is 12.1. The summed E-state index contributed by atoms with van der Waals surface area (Å²) in [5.41, 5.74) is 0. The number of likely N-dealkylation sites (tertiary alicyclic amines) is 1. The van der Waals surface area contributed by atoms with E-state index in [1.807, 2.05) is 0 Å². The molecular formula is C13H20FN3. The molecule has 3 nitrogen and oxygen atoms in total. The summed E-state index contributed by atoms with van der Waals surface area (Å²) in [7, 11) is 0. The van der Waals surface area contributed by atoms with Crippen molar-refractivity contribution in [2.45, 2.75) is 32.2 Å². The van der Waals surface area contributed by atoms with Gasteiger partial charge in [0.1, 0.15) is 0 Å². The van der Waals surface area contributed by atoms with Gasteiger partial charge < -0.3 is 10.2 Å². The average molecular weight is 237 g/mol. The third kappa shape index (κ3) is 3.66. The molecule has 2 rings (SSSR count). The van der Waals surface area contributed by atoms with Gasteiger partial charge >= 0.3 is 0 Å². The molecule has 0 aliphatic carbocycles. The molecule has 0 saturated carbocycles. The fourth-order valence-corrected chi connectivity index (χ4v) is 2.30. The van der Waals surface area contributed by atoms with Gasteiger partial charge in [0.25, 0.3) is 0 Å². The van der Waals surface area contributed by atoms with Crippen LogP contribution >= 0.6 is 0 Å². The Balaban J connectivity index is 1.84. The van der Waals surface area contributed by atoms with Crippen molar-refractivity contribution in [3.8, 4) is 0 Å². The molecule has 1 saturated heterocycles. The van der Waals surface area contributed by atoms with Crippen molar-refractivity contribution in [2.75, 3.05) is 25.0 Å². The third-order valence-corrected chi connectivity index (χ3v) is 3.12. The molecule has 1 aromatic heterocycles. The number of nitrogens with one attached hydrogen (secondary N) is 1. The highest BCUT2D eigenvalue weighted by atomic mass is 19.1. The van der Waals surface area contributed by atoms with E-state index in [0.29, 0.717) is 5.82 Å². The Labute approximate surface area is 102 Å². The number of nitrogens with zero attached hydrogens (tertiary/aromatic N) is 2. The summed E-state index contributed by atoms with van der Waals surface area (Å²) in [6.45, 7) is 5.35. The van der Waals surface area contributed by atoms with E-state index in [1.165, 1.54) is 25.3 Å². The van der Waals surface area contributed by atoms with E-state index in [9.17, 15) is 4.39 Å². The third-order valence-electron chi connectivity index (χ3n) is 3.12. The zero-order valence-corrected chi connectivity index (χ0v) is 10.3. The largest absolute Gasteiger partial charge is 0.364 e. The van der Waals surface area contributed by atoms with E-state index in [0.717, 1.165) is 19.6 Å². The van der Waals surface area contributed by atoms with Crippen LogP contribution in [0, 0.1) is 5.82 Å². The topological polar surface area (TPSA) is 28.2 Å². The molecule has 0 spiro atoms. The Bertz CT molecular complexity index is 350. The van der Waals surface area contributed by atoms with Gasteiger partial charge in [-0.05, 0) is 45.0 Å². The van der Waals surface area contributed by atoms with Crippen molar-refractivity contribution in [3.05, 3.63) is 24.1 Å². The standard InChI is InChI=1S/C13H20FN3/c1-11(10-17-8-3-2-4-9-17)16-13-12(14)6-5-7-15-13/h5-7,11H,2-4,8-10H2,1H3,(H,15,16). The SMILES string of the molecule is CC(CN1CCCCC1)Nc1ncccc1F. The summed E-state index contributed by atoms with van der Waals surface area (Å²) < 4.78 is 13.4. The predicted octanol–water partition coefficient (Wildman–Crippen LogP) is 2.51. The van der Waals surface area contributed by atoms with Crippen LogP contribution in [0.1, 0.15) is 26.2 Å². The van der Waals surface area contributed by atoms with Gasteiger partial charge in [-0.2, -0.15) is 0 Å². The highest BCUT2D eigenvalue weighted by molar-refractivity contribution is 5.36. The highest BCUT2D eigenvalue weighted by Gasteiger charge is 2.14. The number of aromatic nitrogens is 1. The van der Waals surface area contributed by atoms with Crippen LogP contribution in [-0.4, -0.2) is 35.6 Å². The lowest BCUT2D eigenvalue weighted by Crippen LogP contribution is -2.38. The Hall–Kier alpha value is -1.16. The molecule has 2 heterocycles. The van der Waals surface area contributed by atoms with Gasteiger partial charge in [0, 0.05) is 18.8 Å². The molecule has 94 valence electrons. The Morgan fingerprint density at radius 1 is 1.41 bits per heavy atom. The lowest BCUT2D eigenvalue weighted by molar-refractivity contribution is 0.223. The second-order valence-corrected chi connectivity index (χ2v) is 4.74. The second kappa shape index (κ2) is 5.96. The van der Waals surface area contributed by atoms with Crippen LogP contribution in [0.4, 0.5) is 10.2 Å². The van der Waals surface area contributed by atoms with Gasteiger partial charge in [0.15, 0.2) is 11.6 Å². The maximum atomic E-state index is 13.4.